The minimum absolute atomic E-state index is 0.103. The fraction of sp³-hybridized carbons (Fsp3) is 0.318. The summed E-state index contributed by atoms with van der Waals surface area (Å²) in [4.78, 5) is 17.8. The van der Waals surface area contributed by atoms with Crippen LogP contribution in [0.25, 0.3) is 10.9 Å². The largest absolute Gasteiger partial charge is 0.375 e. The Morgan fingerprint density at radius 2 is 1.97 bits per heavy atom. The van der Waals surface area contributed by atoms with Crippen molar-refractivity contribution in [3.8, 4) is 0 Å². The Morgan fingerprint density at radius 3 is 2.69 bits per heavy atom. The summed E-state index contributed by atoms with van der Waals surface area (Å²) in [5.41, 5.74) is 4.49. The number of hydrogen-bond acceptors (Lipinski definition) is 5. The summed E-state index contributed by atoms with van der Waals surface area (Å²) >= 11 is 6.11. The first kappa shape index (κ1) is 19.6. The van der Waals surface area contributed by atoms with Gasteiger partial charge in [0.15, 0.2) is 0 Å². The molecule has 1 fully saturated rings. The Hall–Kier alpha value is -2.70. The van der Waals surface area contributed by atoms with Gasteiger partial charge in [-0.1, -0.05) is 48.0 Å². The maximum atomic E-state index is 11.6. The first-order valence-corrected chi connectivity index (χ1v) is 10.2. The van der Waals surface area contributed by atoms with Gasteiger partial charge in [-0.3, -0.25) is 15.0 Å². The van der Waals surface area contributed by atoms with Crippen LogP contribution in [0.4, 0.5) is 11.4 Å². The summed E-state index contributed by atoms with van der Waals surface area (Å²) in [7, 11) is 0. The molecule has 6 nitrogen and oxygen atoms in total. The molecule has 0 bridgehead atoms. The van der Waals surface area contributed by atoms with E-state index in [1.54, 1.807) is 6.07 Å². The molecule has 0 unspecified atom stereocenters. The first-order chi connectivity index (χ1) is 14.0. The van der Waals surface area contributed by atoms with Crippen LogP contribution in [0.3, 0.4) is 0 Å². The Kier molecular flexibility index (Phi) is 5.65. The van der Waals surface area contributed by atoms with E-state index in [0.29, 0.717) is 23.1 Å². The van der Waals surface area contributed by atoms with Crippen molar-refractivity contribution in [2.24, 2.45) is 0 Å². The summed E-state index contributed by atoms with van der Waals surface area (Å²) in [6.07, 6.45) is 2.56. The predicted octanol–water partition coefficient (Wildman–Crippen LogP) is 5.31. The third-order valence-electron chi connectivity index (χ3n) is 5.48. The molecule has 2 aromatic carbocycles. The van der Waals surface area contributed by atoms with Crippen LogP contribution >= 0.6 is 11.6 Å². The zero-order valence-corrected chi connectivity index (χ0v) is 17.1. The normalized spacial score (nSPS) is 14.4. The van der Waals surface area contributed by atoms with E-state index in [2.05, 4.69) is 40.3 Å². The van der Waals surface area contributed by atoms with E-state index in [1.807, 2.05) is 18.2 Å². The number of aryl methyl sites for hydroxylation is 1. The molecule has 1 aliphatic rings. The molecular formula is C22H23ClN4O2. The number of aromatic nitrogens is 1. The highest BCUT2D eigenvalue weighted by Gasteiger charge is 2.23. The molecule has 0 atom stereocenters. The van der Waals surface area contributed by atoms with Crippen LogP contribution in [-0.4, -0.2) is 27.9 Å². The molecule has 1 N–H and O–H groups in total. The standard InChI is InChI=1S/C22H23ClN4O2/c1-15-12-16(8-9-17(15)14-26-10-4-5-11-26)13-24-20-18-6-2-3-7-19(18)25-22(23)21(20)27(28)29/h2-3,6-9,12H,4-5,10-11,13-14H2,1H3,(H,24,25). The summed E-state index contributed by atoms with van der Waals surface area (Å²) < 4.78 is 0. The van der Waals surface area contributed by atoms with Crippen LogP contribution in [-0.2, 0) is 13.1 Å². The van der Waals surface area contributed by atoms with Crippen LogP contribution in [0.15, 0.2) is 42.5 Å². The lowest BCUT2D eigenvalue weighted by Crippen LogP contribution is -2.19. The third kappa shape index (κ3) is 4.18. The molecule has 1 aromatic heterocycles. The number of halogens is 1. The Balaban J connectivity index is 1.59. The molecule has 0 saturated carbocycles. The maximum absolute atomic E-state index is 11.6. The van der Waals surface area contributed by atoms with Crippen molar-refractivity contribution in [2.75, 3.05) is 18.4 Å². The highest BCUT2D eigenvalue weighted by Crippen LogP contribution is 2.37. The summed E-state index contributed by atoms with van der Waals surface area (Å²) in [5.74, 6) is 0. The van der Waals surface area contributed by atoms with Gasteiger partial charge in [0.1, 0.15) is 5.69 Å². The molecule has 0 spiro atoms. The number of rotatable bonds is 6. The summed E-state index contributed by atoms with van der Waals surface area (Å²) in [6, 6.07) is 13.7. The molecule has 2 heterocycles. The van der Waals surface area contributed by atoms with Gasteiger partial charge in [0, 0.05) is 18.5 Å². The number of nitro groups is 1. The summed E-state index contributed by atoms with van der Waals surface area (Å²) in [6.45, 7) is 5.91. The zero-order valence-electron chi connectivity index (χ0n) is 16.3. The van der Waals surface area contributed by atoms with Gasteiger partial charge in [-0.2, -0.15) is 0 Å². The minimum atomic E-state index is -0.478. The van der Waals surface area contributed by atoms with E-state index in [1.165, 1.54) is 37.1 Å². The number of likely N-dealkylation sites (tertiary alicyclic amines) is 1. The lowest BCUT2D eigenvalue weighted by molar-refractivity contribution is -0.384. The van der Waals surface area contributed by atoms with Gasteiger partial charge < -0.3 is 5.32 Å². The van der Waals surface area contributed by atoms with E-state index in [-0.39, 0.29) is 10.8 Å². The lowest BCUT2D eigenvalue weighted by Gasteiger charge is -2.17. The molecule has 0 radical (unpaired) electrons. The average molecular weight is 411 g/mol. The Labute approximate surface area is 174 Å². The van der Waals surface area contributed by atoms with Gasteiger partial charge in [-0.15, -0.1) is 0 Å². The fourth-order valence-electron chi connectivity index (χ4n) is 3.93. The molecule has 4 rings (SSSR count). The topological polar surface area (TPSA) is 71.3 Å². The lowest BCUT2D eigenvalue weighted by atomic mass is 10.0. The average Bonchev–Trinajstić information content (AvgIpc) is 3.20. The number of fused-ring (bicyclic) bond motifs is 1. The Morgan fingerprint density at radius 1 is 1.21 bits per heavy atom. The van der Waals surface area contributed by atoms with Gasteiger partial charge in [0.2, 0.25) is 5.15 Å². The van der Waals surface area contributed by atoms with Crippen LogP contribution in [0.5, 0.6) is 0 Å². The first-order valence-electron chi connectivity index (χ1n) is 9.80. The summed E-state index contributed by atoms with van der Waals surface area (Å²) in [5, 5.41) is 15.4. The number of nitrogens with zero attached hydrogens (tertiary/aromatic N) is 3. The molecular weight excluding hydrogens is 388 g/mol. The van der Waals surface area contributed by atoms with Gasteiger partial charge >= 0.3 is 5.69 Å². The van der Waals surface area contributed by atoms with E-state index in [0.717, 1.165) is 12.1 Å². The van der Waals surface area contributed by atoms with Crippen molar-refractivity contribution in [3.05, 3.63) is 74.4 Å². The molecule has 29 heavy (non-hydrogen) atoms. The fourth-order valence-corrected chi connectivity index (χ4v) is 4.19. The smallest absolute Gasteiger partial charge is 0.329 e. The van der Waals surface area contributed by atoms with Crippen LogP contribution < -0.4 is 5.32 Å². The van der Waals surface area contributed by atoms with Crippen molar-refractivity contribution >= 4 is 33.9 Å². The highest BCUT2D eigenvalue weighted by atomic mass is 35.5. The Bertz CT molecular complexity index is 1060. The number of para-hydroxylation sites is 1. The third-order valence-corrected chi connectivity index (χ3v) is 5.74. The van der Waals surface area contributed by atoms with Gasteiger partial charge in [0.05, 0.1) is 10.4 Å². The van der Waals surface area contributed by atoms with Gasteiger partial charge in [-0.05, 0) is 55.6 Å². The molecule has 7 heteroatoms. The molecule has 1 aliphatic heterocycles. The van der Waals surface area contributed by atoms with Crippen molar-refractivity contribution in [1.29, 1.82) is 0 Å². The number of anilines is 1. The van der Waals surface area contributed by atoms with Crippen molar-refractivity contribution in [2.45, 2.75) is 32.9 Å². The zero-order chi connectivity index (χ0) is 20.4. The molecule has 150 valence electrons. The SMILES string of the molecule is Cc1cc(CNc2c([N+](=O)[O-])c(Cl)nc3ccccc23)ccc1CN1CCCC1. The predicted molar refractivity (Wildman–Crippen MR) is 116 cm³/mol. The maximum Gasteiger partial charge on any atom is 0.329 e. The molecule has 0 amide bonds. The quantitative estimate of drug-likeness (QED) is 0.338. The monoisotopic (exact) mass is 410 g/mol. The van der Waals surface area contributed by atoms with Crippen LogP contribution in [0, 0.1) is 17.0 Å². The number of pyridine rings is 1. The number of nitrogens with one attached hydrogen (secondary N) is 1. The molecule has 0 aliphatic carbocycles. The van der Waals surface area contributed by atoms with Crippen molar-refractivity contribution in [3.63, 3.8) is 0 Å². The van der Waals surface area contributed by atoms with E-state index >= 15 is 0 Å². The van der Waals surface area contributed by atoms with Crippen LogP contribution in [0.2, 0.25) is 5.15 Å². The molecule has 3 aromatic rings. The number of benzene rings is 2. The van der Waals surface area contributed by atoms with E-state index in [4.69, 9.17) is 11.6 Å². The second-order valence-electron chi connectivity index (χ2n) is 7.50. The van der Waals surface area contributed by atoms with Gasteiger partial charge in [0.25, 0.3) is 0 Å². The van der Waals surface area contributed by atoms with E-state index in [9.17, 15) is 10.1 Å². The highest BCUT2D eigenvalue weighted by molar-refractivity contribution is 6.33. The van der Waals surface area contributed by atoms with E-state index < -0.39 is 4.92 Å². The van der Waals surface area contributed by atoms with Crippen molar-refractivity contribution < 1.29 is 4.92 Å². The minimum Gasteiger partial charge on any atom is -0.375 e. The molecule has 1 saturated heterocycles. The van der Waals surface area contributed by atoms with Gasteiger partial charge in [-0.25, -0.2) is 4.98 Å². The van der Waals surface area contributed by atoms with Crippen LogP contribution in [0.1, 0.15) is 29.5 Å². The second kappa shape index (κ2) is 8.35. The second-order valence-corrected chi connectivity index (χ2v) is 7.86. The van der Waals surface area contributed by atoms with Crippen molar-refractivity contribution in [1.82, 2.24) is 9.88 Å². The number of hydrogen-bond donors (Lipinski definition) is 1.